The topological polar surface area (TPSA) is 44.1 Å². The van der Waals surface area contributed by atoms with Gasteiger partial charge in [0.1, 0.15) is 0 Å². The monoisotopic (exact) mass is 294 g/mol. The number of hydrogen-bond acceptors (Lipinski definition) is 3. The zero-order chi connectivity index (χ0) is 12.3. The van der Waals surface area contributed by atoms with Crippen molar-refractivity contribution < 1.29 is 9.53 Å². The molecule has 2 rings (SSSR count). The van der Waals surface area contributed by atoms with Crippen LogP contribution < -0.4 is 0 Å². The molecule has 0 unspecified atom stereocenters. The number of para-hydroxylation sites is 1. The van der Waals surface area contributed by atoms with Gasteiger partial charge < -0.3 is 4.74 Å². The largest absolute Gasteiger partial charge is 0.461 e. The molecule has 0 saturated carbocycles. The van der Waals surface area contributed by atoms with Crippen LogP contribution in [-0.4, -0.2) is 22.4 Å². The van der Waals surface area contributed by atoms with Gasteiger partial charge in [-0.15, -0.1) is 0 Å². The van der Waals surface area contributed by atoms with E-state index in [0.29, 0.717) is 11.1 Å². The van der Waals surface area contributed by atoms with Crippen LogP contribution in [-0.2, 0) is 4.74 Å². The number of esters is 1. The fraction of sp³-hybridized carbons (Fsp3) is 0.167. The maximum Gasteiger partial charge on any atom is 0.360 e. The molecular formula is C12H11BrN2O2. The molecule has 0 aliphatic carbocycles. The minimum absolute atomic E-state index is 0.288. The predicted octanol–water partition coefficient (Wildman–Crippen LogP) is 2.81. The zero-order valence-corrected chi connectivity index (χ0v) is 10.8. The molecule has 0 saturated heterocycles. The van der Waals surface area contributed by atoms with Crippen molar-refractivity contribution in [2.24, 2.45) is 0 Å². The Morgan fingerprint density at radius 2 is 2.12 bits per heavy atom. The van der Waals surface area contributed by atoms with Crippen molar-refractivity contribution in [1.29, 1.82) is 0 Å². The number of hydrogen-bond donors (Lipinski definition) is 0. The molecule has 17 heavy (non-hydrogen) atoms. The SMILES string of the molecule is CCOC(=O)c1nn(-c2ccccc2)cc1Br. The van der Waals surface area contributed by atoms with Gasteiger partial charge in [0, 0.05) is 6.20 Å². The first kappa shape index (κ1) is 11.9. The lowest BCUT2D eigenvalue weighted by atomic mass is 10.3. The number of aromatic nitrogens is 2. The van der Waals surface area contributed by atoms with Crippen LogP contribution in [0.3, 0.4) is 0 Å². The van der Waals surface area contributed by atoms with Crippen LogP contribution in [0.25, 0.3) is 5.69 Å². The Kier molecular flexibility index (Phi) is 3.58. The first-order valence-corrected chi connectivity index (χ1v) is 5.99. The van der Waals surface area contributed by atoms with Crippen molar-refractivity contribution >= 4 is 21.9 Å². The molecule has 0 aliphatic heterocycles. The van der Waals surface area contributed by atoms with Gasteiger partial charge in [-0.2, -0.15) is 5.10 Å². The van der Waals surface area contributed by atoms with E-state index in [1.165, 1.54) is 0 Å². The number of nitrogens with zero attached hydrogens (tertiary/aromatic N) is 2. The lowest BCUT2D eigenvalue weighted by Gasteiger charge is -1.99. The molecular weight excluding hydrogens is 284 g/mol. The average Bonchev–Trinajstić information content (AvgIpc) is 2.73. The van der Waals surface area contributed by atoms with Gasteiger partial charge >= 0.3 is 5.97 Å². The van der Waals surface area contributed by atoms with Crippen LogP contribution in [0, 0.1) is 0 Å². The molecule has 0 amide bonds. The van der Waals surface area contributed by atoms with Crippen molar-refractivity contribution in [3.63, 3.8) is 0 Å². The molecule has 2 aromatic rings. The van der Waals surface area contributed by atoms with Crippen molar-refractivity contribution in [2.45, 2.75) is 6.92 Å². The van der Waals surface area contributed by atoms with Crippen molar-refractivity contribution in [1.82, 2.24) is 9.78 Å². The van der Waals surface area contributed by atoms with Crippen LogP contribution in [0.15, 0.2) is 41.0 Å². The summed E-state index contributed by atoms with van der Waals surface area (Å²) in [4.78, 5) is 11.6. The second-order valence-corrected chi connectivity index (χ2v) is 4.18. The van der Waals surface area contributed by atoms with Crippen molar-refractivity contribution in [3.05, 3.63) is 46.7 Å². The zero-order valence-electron chi connectivity index (χ0n) is 9.26. The van der Waals surface area contributed by atoms with E-state index in [1.54, 1.807) is 17.8 Å². The Balaban J connectivity index is 2.34. The summed E-state index contributed by atoms with van der Waals surface area (Å²) in [7, 11) is 0. The van der Waals surface area contributed by atoms with E-state index in [0.717, 1.165) is 5.69 Å². The van der Waals surface area contributed by atoms with E-state index >= 15 is 0 Å². The summed E-state index contributed by atoms with van der Waals surface area (Å²) < 4.78 is 7.17. The minimum Gasteiger partial charge on any atom is -0.461 e. The summed E-state index contributed by atoms with van der Waals surface area (Å²) in [5, 5.41) is 4.19. The molecule has 0 N–H and O–H groups in total. The molecule has 88 valence electrons. The Bertz CT molecular complexity index is 523. The van der Waals surface area contributed by atoms with Gasteiger partial charge in [-0.1, -0.05) is 18.2 Å². The second kappa shape index (κ2) is 5.14. The maximum atomic E-state index is 11.6. The van der Waals surface area contributed by atoms with E-state index in [1.807, 2.05) is 30.3 Å². The highest BCUT2D eigenvalue weighted by atomic mass is 79.9. The van der Waals surface area contributed by atoms with E-state index in [9.17, 15) is 4.79 Å². The quantitative estimate of drug-likeness (QED) is 0.818. The van der Waals surface area contributed by atoms with Crippen LogP contribution in [0.5, 0.6) is 0 Å². The van der Waals surface area contributed by atoms with Gasteiger partial charge in [0.15, 0.2) is 5.69 Å². The minimum atomic E-state index is -0.422. The first-order valence-electron chi connectivity index (χ1n) is 5.20. The van der Waals surface area contributed by atoms with Gasteiger partial charge in [-0.05, 0) is 35.0 Å². The molecule has 1 aromatic heterocycles. The lowest BCUT2D eigenvalue weighted by Crippen LogP contribution is -2.07. The molecule has 1 heterocycles. The standard InChI is InChI=1S/C12H11BrN2O2/c1-2-17-12(16)11-10(13)8-15(14-11)9-6-4-3-5-7-9/h3-8H,2H2,1H3. The number of carbonyl (C=O) groups excluding carboxylic acids is 1. The van der Waals surface area contributed by atoms with E-state index < -0.39 is 5.97 Å². The highest BCUT2D eigenvalue weighted by molar-refractivity contribution is 9.10. The summed E-state index contributed by atoms with van der Waals surface area (Å²) in [6.07, 6.45) is 1.74. The Morgan fingerprint density at radius 3 is 2.76 bits per heavy atom. The van der Waals surface area contributed by atoms with Gasteiger partial charge in [-0.3, -0.25) is 0 Å². The summed E-state index contributed by atoms with van der Waals surface area (Å²) >= 11 is 3.30. The summed E-state index contributed by atoms with van der Waals surface area (Å²) in [6.45, 7) is 2.10. The number of ether oxygens (including phenoxy) is 1. The molecule has 0 aliphatic rings. The van der Waals surface area contributed by atoms with E-state index in [4.69, 9.17) is 4.74 Å². The average molecular weight is 295 g/mol. The molecule has 1 aromatic carbocycles. The Morgan fingerprint density at radius 1 is 1.41 bits per heavy atom. The second-order valence-electron chi connectivity index (χ2n) is 3.33. The molecule has 4 nitrogen and oxygen atoms in total. The maximum absolute atomic E-state index is 11.6. The third-order valence-electron chi connectivity index (χ3n) is 2.16. The molecule has 5 heteroatoms. The highest BCUT2D eigenvalue weighted by Crippen LogP contribution is 2.18. The third-order valence-corrected chi connectivity index (χ3v) is 2.74. The number of carbonyl (C=O) groups is 1. The molecule has 0 bridgehead atoms. The highest BCUT2D eigenvalue weighted by Gasteiger charge is 2.16. The van der Waals surface area contributed by atoms with Crippen molar-refractivity contribution in [3.8, 4) is 5.69 Å². The van der Waals surface area contributed by atoms with Crippen molar-refractivity contribution in [2.75, 3.05) is 6.61 Å². The van der Waals surface area contributed by atoms with Crippen LogP contribution in [0.4, 0.5) is 0 Å². The number of rotatable bonds is 3. The normalized spacial score (nSPS) is 10.2. The van der Waals surface area contributed by atoms with Crippen LogP contribution >= 0.6 is 15.9 Å². The van der Waals surface area contributed by atoms with Gasteiger partial charge in [0.05, 0.1) is 16.8 Å². The third kappa shape index (κ3) is 2.55. The predicted molar refractivity (Wildman–Crippen MR) is 67.2 cm³/mol. The number of benzene rings is 1. The lowest BCUT2D eigenvalue weighted by molar-refractivity contribution is 0.0518. The van der Waals surface area contributed by atoms with Gasteiger partial charge in [0.2, 0.25) is 0 Å². The smallest absolute Gasteiger partial charge is 0.360 e. The molecule has 0 atom stereocenters. The molecule has 0 radical (unpaired) electrons. The fourth-order valence-corrected chi connectivity index (χ4v) is 1.84. The number of halogens is 1. The summed E-state index contributed by atoms with van der Waals surface area (Å²) in [5.41, 5.74) is 1.18. The van der Waals surface area contributed by atoms with Gasteiger partial charge in [0.25, 0.3) is 0 Å². The molecule has 0 spiro atoms. The first-order chi connectivity index (χ1) is 8.22. The summed E-state index contributed by atoms with van der Waals surface area (Å²) in [6, 6.07) is 9.57. The van der Waals surface area contributed by atoms with E-state index in [-0.39, 0.29) is 5.69 Å². The van der Waals surface area contributed by atoms with Gasteiger partial charge in [-0.25, -0.2) is 9.48 Å². The fourth-order valence-electron chi connectivity index (χ4n) is 1.40. The van der Waals surface area contributed by atoms with Crippen LogP contribution in [0.1, 0.15) is 17.4 Å². The molecule has 0 fully saturated rings. The Labute approximate surface area is 107 Å². The Hall–Kier alpha value is -1.62. The van der Waals surface area contributed by atoms with Crippen LogP contribution in [0.2, 0.25) is 0 Å². The summed E-state index contributed by atoms with van der Waals surface area (Å²) in [5.74, 6) is -0.422. The van der Waals surface area contributed by atoms with E-state index in [2.05, 4.69) is 21.0 Å².